The molecule has 0 radical (unpaired) electrons. The van der Waals surface area contributed by atoms with Crippen molar-refractivity contribution in [2.45, 2.75) is 39.8 Å². The predicted octanol–water partition coefficient (Wildman–Crippen LogP) is 4.23. The molecule has 0 N–H and O–H groups in total. The summed E-state index contributed by atoms with van der Waals surface area (Å²) in [6.07, 6.45) is 1.89. The summed E-state index contributed by atoms with van der Waals surface area (Å²) in [7, 11) is 0. The number of anilines is 2. The molecule has 6 nitrogen and oxygen atoms in total. The summed E-state index contributed by atoms with van der Waals surface area (Å²) < 4.78 is 7.86. The van der Waals surface area contributed by atoms with Crippen molar-refractivity contribution in [1.29, 1.82) is 0 Å². The van der Waals surface area contributed by atoms with E-state index in [0.717, 1.165) is 63.1 Å². The third-order valence-corrected chi connectivity index (χ3v) is 6.43. The Morgan fingerprint density at radius 2 is 1.61 bits per heavy atom. The van der Waals surface area contributed by atoms with E-state index in [1.54, 1.807) is 0 Å². The van der Waals surface area contributed by atoms with Crippen LogP contribution in [0.1, 0.15) is 37.0 Å². The molecule has 5 rings (SSSR count). The van der Waals surface area contributed by atoms with Crippen molar-refractivity contribution >= 4 is 11.4 Å². The van der Waals surface area contributed by atoms with Crippen LogP contribution in [0.2, 0.25) is 0 Å². The lowest BCUT2D eigenvalue weighted by Gasteiger charge is -2.32. The van der Waals surface area contributed by atoms with Crippen molar-refractivity contribution in [1.82, 2.24) is 14.5 Å². The van der Waals surface area contributed by atoms with E-state index in [-0.39, 0.29) is 0 Å². The fourth-order valence-corrected chi connectivity index (χ4v) is 4.76. The maximum atomic E-state index is 5.48. The summed E-state index contributed by atoms with van der Waals surface area (Å²) in [4.78, 5) is 14.5. The van der Waals surface area contributed by atoms with Crippen LogP contribution in [0.15, 0.2) is 42.6 Å². The molecule has 0 spiro atoms. The van der Waals surface area contributed by atoms with Crippen LogP contribution in [-0.2, 0) is 17.8 Å². The van der Waals surface area contributed by atoms with E-state index in [9.17, 15) is 0 Å². The molecular weight excluding hydrogens is 386 g/mol. The van der Waals surface area contributed by atoms with Gasteiger partial charge in [0.2, 0.25) is 0 Å². The average molecular weight is 418 g/mol. The minimum atomic E-state index is 0.362. The Kier molecular flexibility index (Phi) is 5.40. The highest BCUT2D eigenvalue weighted by Gasteiger charge is 2.25. The van der Waals surface area contributed by atoms with Crippen molar-refractivity contribution < 1.29 is 4.74 Å². The molecule has 0 unspecified atom stereocenters. The highest BCUT2D eigenvalue weighted by Crippen LogP contribution is 2.33. The molecule has 1 fully saturated rings. The molecule has 6 heteroatoms. The van der Waals surface area contributed by atoms with Gasteiger partial charge in [-0.15, -0.1) is 0 Å². The number of aromatic nitrogens is 3. The number of nitrogens with zero attached hydrogens (tertiary/aromatic N) is 5. The number of benzene rings is 1. The Morgan fingerprint density at radius 3 is 2.32 bits per heavy atom. The lowest BCUT2D eigenvalue weighted by molar-refractivity contribution is 0.122. The Morgan fingerprint density at radius 1 is 0.903 bits per heavy atom. The number of morpholine rings is 1. The van der Waals surface area contributed by atoms with Crippen LogP contribution in [0.25, 0.3) is 11.3 Å². The van der Waals surface area contributed by atoms with Crippen molar-refractivity contribution in [3.05, 3.63) is 59.8 Å². The average Bonchev–Trinajstić information content (AvgIpc) is 3.15. The number of hydrogen-bond acceptors (Lipinski definition) is 5. The van der Waals surface area contributed by atoms with Crippen LogP contribution in [0.5, 0.6) is 0 Å². The Balaban J connectivity index is 1.43. The maximum absolute atomic E-state index is 5.48. The monoisotopic (exact) mass is 417 g/mol. The molecule has 4 heterocycles. The van der Waals surface area contributed by atoms with Gasteiger partial charge in [-0.3, -0.25) is 4.98 Å². The zero-order valence-corrected chi connectivity index (χ0v) is 18.7. The molecule has 0 atom stereocenters. The Hall–Kier alpha value is -2.86. The van der Waals surface area contributed by atoms with Gasteiger partial charge in [0.15, 0.2) is 0 Å². The lowest BCUT2D eigenvalue weighted by atomic mass is 10.00. The van der Waals surface area contributed by atoms with Crippen LogP contribution in [0.4, 0.5) is 11.4 Å². The van der Waals surface area contributed by atoms with Crippen LogP contribution in [-0.4, -0.2) is 47.4 Å². The first-order valence-electron chi connectivity index (χ1n) is 11.3. The van der Waals surface area contributed by atoms with Gasteiger partial charge in [-0.25, -0.2) is 4.98 Å². The minimum absolute atomic E-state index is 0.362. The van der Waals surface area contributed by atoms with Crippen molar-refractivity contribution in [3.8, 4) is 11.3 Å². The van der Waals surface area contributed by atoms with Crippen LogP contribution >= 0.6 is 0 Å². The summed E-state index contributed by atoms with van der Waals surface area (Å²) in [5, 5.41) is 0. The van der Waals surface area contributed by atoms with Gasteiger partial charge in [0.25, 0.3) is 0 Å². The van der Waals surface area contributed by atoms with Gasteiger partial charge in [0.1, 0.15) is 5.82 Å². The Labute approximate surface area is 184 Å². The first-order chi connectivity index (χ1) is 15.1. The molecule has 2 aromatic heterocycles. The second-order valence-electron chi connectivity index (χ2n) is 8.73. The van der Waals surface area contributed by atoms with Crippen LogP contribution in [0, 0.1) is 6.92 Å². The highest BCUT2D eigenvalue weighted by atomic mass is 16.5. The molecule has 0 aliphatic carbocycles. The highest BCUT2D eigenvalue weighted by molar-refractivity contribution is 5.67. The zero-order chi connectivity index (χ0) is 21.4. The normalized spacial score (nSPS) is 16.6. The van der Waals surface area contributed by atoms with Gasteiger partial charge >= 0.3 is 0 Å². The predicted molar refractivity (Wildman–Crippen MR) is 125 cm³/mol. The number of aryl methyl sites for hydroxylation is 1. The molecular formula is C25H31N5O. The van der Waals surface area contributed by atoms with E-state index in [1.807, 2.05) is 12.3 Å². The maximum Gasteiger partial charge on any atom is 0.106 e. The second kappa shape index (κ2) is 8.35. The van der Waals surface area contributed by atoms with E-state index in [1.165, 1.54) is 22.6 Å². The number of imidazole rings is 1. The molecule has 0 saturated carbocycles. The molecule has 2 aliphatic rings. The molecule has 3 aromatic rings. The van der Waals surface area contributed by atoms with Crippen molar-refractivity contribution in [3.63, 3.8) is 0 Å². The minimum Gasteiger partial charge on any atom is -0.378 e. The van der Waals surface area contributed by atoms with E-state index in [0.29, 0.717) is 5.92 Å². The summed E-state index contributed by atoms with van der Waals surface area (Å²) in [6, 6.07) is 13.2. The van der Waals surface area contributed by atoms with Gasteiger partial charge in [0.05, 0.1) is 36.8 Å². The standard InChI is InChI=1S/C25H31N5O/c1-18(2)24-22(5-4-10-26-24)25-23-17-29(11-12-30(23)19(3)27-25)21-8-6-20(7-9-21)28-13-15-31-16-14-28/h4-10,18H,11-17H2,1-3H3. The third-order valence-electron chi connectivity index (χ3n) is 6.43. The summed E-state index contributed by atoms with van der Waals surface area (Å²) in [6.45, 7) is 12.9. The smallest absolute Gasteiger partial charge is 0.106 e. The lowest BCUT2D eigenvalue weighted by Crippen LogP contribution is -2.36. The number of hydrogen-bond donors (Lipinski definition) is 0. The van der Waals surface area contributed by atoms with E-state index < -0.39 is 0 Å². The van der Waals surface area contributed by atoms with Gasteiger partial charge in [-0.1, -0.05) is 13.8 Å². The van der Waals surface area contributed by atoms with E-state index in [2.05, 4.69) is 70.5 Å². The first-order valence-corrected chi connectivity index (χ1v) is 11.3. The zero-order valence-electron chi connectivity index (χ0n) is 18.7. The number of rotatable bonds is 4. The molecule has 1 aromatic carbocycles. The van der Waals surface area contributed by atoms with Crippen molar-refractivity contribution in [2.24, 2.45) is 0 Å². The fourth-order valence-electron chi connectivity index (χ4n) is 4.76. The van der Waals surface area contributed by atoms with Crippen molar-refractivity contribution in [2.75, 3.05) is 42.6 Å². The van der Waals surface area contributed by atoms with E-state index >= 15 is 0 Å². The first kappa shape index (κ1) is 20.1. The molecule has 0 amide bonds. The molecule has 2 aliphatic heterocycles. The molecule has 1 saturated heterocycles. The largest absolute Gasteiger partial charge is 0.378 e. The van der Waals surface area contributed by atoms with Crippen LogP contribution in [0.3, 0.4) is 0 Å². The molecule has 0 bridgehead atoms. The second-order valence-corrected chi connectivity index (χ2v) is 8.73. The Bertz CT molecular complexity index is 1050. The fraction of sp³-hybridized carbons (Fsp3) is 0.440. The number of ether oxygens (including phenoxy) is 1. The van der Waals surface area contributed by atoms with Crippen LogP contribution < -0.4 is 9.80 Å². The number of pyridine rings is 1. The summed E-state index contributed by atoms with van der Waals surface area (Å²) >= 11 is 0. The van der Waals surface area contributed by atoms with Gasteiger partial charge < -0.3 is 19.1 Å². The third kappa shape index (κ3) is 3.81. The van der Waals surface area contributed by atoms with E-state index in [4.69, 9.17) is 9.72 Å². The summed E-state index contributed by atoms with van der Waals surface area (Å²) in [5.41, 5.74) is 7.21. The number of fused-ring (bicyclic) bond motifs is 1. The molecule has 31 heavy (non-hydrogen) atoms. The SMILES string of the molecule is Cc1nc(-c2cccnc2C(C)C)c2n1CCN(c1ccc(N3CCOCC3)cc1)C2. The van der Waals surface area contributed by atoms with Gasteiger partial charge in [-0.05, 0) is 49.2 Å². The van der Waals surface area contributed by atoms with Gasteiger partial charge in [0, 0.05) is 49.3 Å². The molecule has 162 valence electrons. The topological polar surface area (TPSA) is 46.4 Å². The quantitative estimate of drug-likeness (QED) is 0.636. The summed E-state index contributed by atoms with van der Waals surface area (Å²) in [5.74, 6) is 1.45. The van der Waals surface area contributed by atoms with Gasteiger partial charge in [-0.2, -0.15) is 0 Å².